The van der Waals surface area contributed by atoms with Gasteiger partial charge < -0.3 is 24.8 Å². The number of aliphatic imine (C=N–C) groups is 1. The summed E-state index contributed by atoms with van der Waals surface area (Å²) in [5, 5.41) is 11.2. The van der Waals surface area contributed by atoms with Crippen molar-refractivity contribution in [1.29, 1.82) is 0 Å². The van der Waals surface area contributed by atoms with Crippen molar-refractivity contribution in [2.24, 2.45) is 4.99 Å². The molecule has 0 atom stereocenters. The Balaban J connectivity index is 0.00000420. The average Bonchev–Trinajstić information content (AvgIpc) is 2.99. The number of nitrogens with one attached hydrogen (secondary N) is 2. The van der Waals surface area contributed by atoms with Crippen molar-refractivity contribution >= 4 is 29.9 Å². The van der Waals surface area contributed by atoms with Crippen LogP contribution in [-0.4, -0.2) is 56.8 Å². The molecule has 162 valence electrons. The zero-order valence-electron chi connectivity index (χ0n) is 17.8. The number of methoxy groups -OCH3 is 2. The third-order valence-corrected chi connectivity index (χ3v) is 4.42. The lowest BCUT2D eigenvalue weighted by Gasteiger charge is -2.13. The summed E-state index contributed by atoms with van der Waals surface area (Å²) in [6.45, 7) is 7.31. The van der Waals surface area contributed by atoms with Crippen molar-refractivity contribution in [2.75, 3.05) is 41.0 Å². The van der Waals surface area contributed by atoms with Gasteiger partial charge in [-0.1, -0.05) is 0 Å². The van der Waals surface area contributed by atoms with Crippen LogP contribution >= 0.6 is 24.0 Å². The third-order valence-electron chi connectivity index (χ3n) is 4.42. The largest absolute Gasteiger partial charge is 0.497 e. The van der Waals surface area contributed by atoms with E-state index < -0.39 is 0 Å². The van der Waals surface area contributed by atoms with Crippen LogP contribution in [-0.2, 0) is 17.8 Å². The highest BCUT2D eigenvalue weighted by molar-refractivity contribution is 14.0. The number of guanidine groups is 1. The maximum absolute atomic E-state index is 5.72. The van der Waals surface area contributed by atoms with Gasteiger partial charge in [0, 0.05) is 32.0 Å². The quantitative estimate of drug-likeness (QED) is 0.218. The fourth-order valence-electron chi connectivity index (χ4n) is 2.79. The first-order valence-electron chi connectivity index (χ1n) is 9.32. The first kappa shape index (κ1) is 25.0. The molecule has 0 bridgehead atoms. The number of ether oxygens (including phenoxy) is 3. The molecule has 29 heavy (non-hydrogen) atoms. The van der Waals surface area contributed by atoms with Crippen LogP contribution in [0.3, 0.4) is 0 Å². The van der Waals surface area contributed by atoms with E-state index in [0.29, 0.717) is 26.3 Å². The zero-order valence-corrected chi connectivity index (χ0v) is 20.1. The van der Waals surface area contributed by atoms with Gasteiger partial charge in [-0.05, 0) is 38.1 Å². The van der Waals surface area contributed by atoms with E-state index in [4.69, 9.17) is 14.2 Å². The van der Waals surface area contributed by atoms with Crippen LogP contribution in [0.1, 0.15) is 17.0 Å². The third kappa shape index (κ3) is 7.73. The predicted octanol–water partition coefficient (Wildman–Crippen LogP) is 2.52. The fraction of sp³-hybridized carbons (Fsp3) is 0.500. The van der Waals surface area contributed by atoms with Crippen LogP contribution in [0, 0.1) is 13.8 Å². The van der Waals surface area contributed by atoms with E-state index in [-0.39, 0.29) is 24.0 Å². The van der Waals surface area contributed by atoms with Crippen LogP contribution < -0.4 is 20.1 Å². The van der Waals surface area contributed by atoms with E-state index in [1.54, 1.807) is 21.3 Å². The van der Waals surface area contributed by atoms with Crippen LogP contribution in [0.5, 0.6) is 11.5 Å². The van der Waals surface area contributed by atoms with Gasteiger partial charge in [-0.3, -0.25) is 9.67 Å². The Kier molecular flexibility index (Phi) is 11.4. The van der Waals surface area contributed by atoms with Crippen molar-refractivity contribution in [3.63, 3.8) is 0 Å². The molecule has 2 N–H and O–H groups in total. The second kappa shape index (κ2) is 13.3. The summed E-state index contributed by atoms with van der Waals surface area (Å²) < 4.78 is 18.0. The molecule has 2 rings (SSSR count). The molecule has 1 heterocycles. The molecule has 0 radical (unpaired) electrons. The highest BCUT2D eigenvalue weighted by Crippen LogP contribution is 2.16. The Morgan fingerprint density at radius 3 is 2.38 bits per heavy atom. The number of aryl methyl sites for hydroxylation is 1. The molecule has 0 spiro atoms. The van der Waals surface area contributed by atoms with E-state index in [2.05, 4.69) is 27.6 Å². The van der Waals surface area contributed by atoms with Crippen molar-refractivity contribution in [1.82, 2.24) is 20.4 Å². The van der Waals surface area contributed by atoms with Gasteiger partial charge in [0.05, 0.1) is 32.5 Å². The van der Waals surface area contributed by atoms with Gasteiger partial charge in [0.2, 0.25) is 0 Å². The van der Waals surface area contributed by atoms with E-state index in [1.165, 1.54) is 5.56 Å². The number of hydrogen-bond donors (Lipinski definition) is 2. The first-order chi connectivity index (χ1) is 13.6. The zero-order chi connectivity index (χ0) is 20.4. The van der Waals surface area contributed by atoms with Gasteiger partial charge in [0.25, 0.3) is 0 Å². The second-order valence-corrected chi connectivity index (χ2v) is 6.24. The SMILES string of the molecule is CN=C(NCCOc1ccc(OC)cc1)NCc1c(C)nn(CCOC)c1C.I. The first-order valence-corrected chi connectivity index (χ1v) is 9.32. The Hall–Kier alpha value is -2.01. The number of hydrogen-bond acceptors (Lipinski definition) is 5. The van der Waals surface area contributed by atoms with E-state index in [9.17, 15) is 0 Å². The number of halogens is 1. The number of nitrogens with zero attached hydrogens (tertiary/aromatic N) is 3. The molecule has 0 fully saturated rings. The Morgan fingerprint density at radius 1 is 1.07 bits per heavy atom. The predicted molar refractivity (Wildman–Crippen MR) is 126 cm³/mol. The van der Waals surface area contributed by atoms with Crippen molar-refractivity contribution < 1.29 is 14.2 Å². The molecule has 0 aliphatic heterocycles. The molecule has 1 aromatic heterocycles. The molecule has 0 aliphatic rings. The molecule has 0 saturated carbocycles. The summed E-state index contributed by atoms with van der Waals surface area (Å²) >= 11 is 0. The molecule has 2 aromatic rings. The summed E-state index contributed by atoms with van der Waals surface area (Å²) in [5.74, 6) is 2.34. The van der Waals surface area contributed by atoms with Crippen molar-refractivity contribution in [2.45, 2.75) is 26.9 Å². The topological polar surface area (TPSA) is 81.9 Å². The lowest BCUT2D eigenvalue weighted by molar-refractivity contribution is 0.182. The molecule has 0 unspecified atom stereocenters. The number of benzene rings is 1. The Labute approximate surface area is 190 Å². The summed E-state index contributed by atoms with van der Waals surface area (Å²) in [6, 6.07) is 7.53. The van der Waals surface area contributed by atoms with E-state index in [0.717, 1.165) is 35.4 Å². The molecule has 9 heteroatoms. The second-order valence-electron chi connectivity index (χ2n) is 6.24. The lowest BCUT2D eigenvalue weighted by atomic mass is 10.2. The molecular weight excluding hydrogens is 485 g/mol. The monoisotopic (exact) mass is 517 g/mol. The number of rotatable bonds is 10. The van der Waals surface area contributed by atoms with Crippen LogP contribution in [0.15, 0.2) is 29.3 Å². The summed E-state index contributed by atoms with van der Waals surface area (Å²) in [7, 11) is 5.09. The minimum Gasteiger partial charge on any atom is -0.497 e. The molecule has 0 saturated heterocycles. The van der Waals surface area contributed by atoms with Crippen LogP contribution in [0.25, 0.3) is 0 Å². The van der Waals surface area contributed by atoms with Gasteiger partial charge in [0.1, 0.15) is 18.1 Å². The average molecular weight is 517 g/mol. The minimum absolute atomic E-state index is 0. The summed E-state index contributed by atoms with van der Waals surface area (Å²) in [5.41, 5.74) is 3.33. The number of aromatic nitrogens is 2. The minimum atomic E-state index is 0. The molecule has 8 nitrogen and oxygen atoms in total. The highest BCUT2D eigenvalue weighted by atomic mass is 127. The maximum Gasteiger partial charge on any atom is 0.191 e. The molecule has 1 aromatic carbocycles. The standard InChI is InChI=1S/C20H31N5O3.HI/c1-15-19(16(2)25(24-15)11-13-26-4)14-23-20(21-3)22-10-12-28-18-8-6-17(27-5)7-9-18;/h6-9H,10-14H2,1-5H3,(H2,21,22,23);1H. The van der Waals surface area contributed by atoms with Crippen molar-refractivity contribution in [3.05, 3.63) is 41.2 Å². The van der Waals surface area contributed by atoms with Crippen LogP contribution in [0.4, 0.5) is 0 Å². The van der Waals surface area contributed by atoms with Crippen LogP contribution in [0.2, 0.25) is 0 Å². The van der Waals surface area contributed by atoms with E-state index >= 15 is 0 Å². The summed E-state index contributed by atoms with van der Waals surface area (Å²) in [4.78, 5) is 4.26. The fourth-order valence-corrected chi connectivity index (χ4v) is 2.79. The van der Waals surface area contributed by atoms with Gasteiger partial charge >= 0.3 is 0 Å². The van der Waals surface area contributed by atoms with Crippen molar-refractivity contribution in [3.8, 4) is 11.5 Å². The normalized spacial score (nSPS) is 11.0. The van der Waals surface area contributed by atoms with Gasteiger partial charge in [-0.2, -0.15) is 5.10 Å². The Bertz CT molecular complexity index is 762. The molecule has 0 aliphatic carbocycles. The molecular formula is C20H32IN5O3. The Morgan fingerprint density at radius 2 is 1.76 bits per heavy atom. The van der Waals surface area contributed by atoms with E-state index in [1.807, 2.05) is 35.9 Å². The molecule has 0 amide bonds. The highest BCUT2D eigenvalue weighted by Gasteiger charge is 2.11. The summed E-state index contributed by atoms with van der Waals surface area (Å²) in [6.07, 6.45) is 0. The van der Waals surface area contributed by atoms with Gasteiger partial charge in [-0.25, -0.2) is 0 Å². The van der Waals surface area contributed by atoms with Gasteiger partial charge in [0.15, 0.2) is 5.96 Å². The van der Waals surface area contributed by atoms with Gasteiger partial charge in [-0.15, -0.1) is 24.0 Å². The maximum atomic E-state index is 5.72. The lowest BCUT2D eigenvalue weighted by Crippen LogP contribution is -2.39. The smallest absolute Gasteiger partial charge is 0.191 e.